The third kappa shape index (κ3) is 27.4. The fourth-order valence-corrected chi connectivity index (χ4v) is 10.8. The molecule has 0 amide bonds. The van der Waals surface area contributed by atoms with Gasteiger partial charge in [0.15, 0.2) is 0 Å². The zero-order chi connectivity index (χ0) is 49.3. The maximum absolute atomic E-state index is 11.6. The second kappa shape index (κ2) is 38.1. The summed E-state index contributed by atoms with van der Waals surface area (Å²) in [6, 6.07) is 18.7. The van der Waals surface area contributed by atoms with Crippen LogP contribution >= 0.6 is 0 Å². The van der Waals surface area contributed by atoms with Crippen LogP contribution in [0.1, 0.15) is 255 Å². The van der Waals surface area contributed by atoms with Gasteiger partial charge < -0.3 is 9.11 Å². The predicted molar refractivity (Wildman–Crippen MR) is 295 cm³/mol. The molecule has 0 unspecified atom stereocenters. The average molecular weight is 1020 g/mol. The van der Waals surface area contributed by atoms with Gasteiger partial charge in [-0.2, -0.15) is 0 Å². The molecule has 0 aliphatic carbocycles. The Bertz CT molecular complexity index is 2030. The number of aryl methyl sites for hydroxylation is 4. The minimum absolute atomic E-state index is 0. The Kier molecular flexibility index (Phi) is 35.1. The molecule has 0 aliphatic rings. The van der Waals surface area contributed by atoms with Crippen molar-refractivity contribution in [2.45, 2.75) is 269 Å². The summed E-state index contributed by atoms with van der Waals surface area (Å²) in [7, 11) is -8.88. The first-order valence-electron chi connectivity index (χ1n) is 27.9. The number of hydrogen-bond donors (Lipinski definition) is 0. The quantitative estimate of drug-likeness (QED) is 0.0251. The molecule has 0 saturated heterocycles. The summed E-state index contributed by atoms with van der Waals surface area (Å²) < 4.78 is 69.6. The van der Waals surface area contributed by atoms with Crippen molar-refractivity contribution in [3.8, 4) is 0 Å². The zero-order valence-electron chi connectivity index (χ0n) is 44.2. The molecule has 0 fully saturated rings. The van der Waals surface area contributed by atoms with Gasteiger partial charge >= 0.3 is 37.7 Å². The van der Waals surface area contributed by atoms with Crippen LogP contribution < -0.4 is 0 Å². The SMILES string of the molecule is CCCCCCCCCCc1cc(CCCCCCCCCC)c2cc(S(=O)(=O)[O-])ccc2c1.CCCCCCCCCCc1cc(CCCCCCCCCC)c2cc(S(=O)(=O)[O-])ccc2c1.[Ca+2]. The van der Waals surface area contributed by atoms with Gasteiger partial charge in [0, 0.05) is 0 Å². The molecule has 0 radical (unpaired) electrons. The fourth-order valence-electron chi connectivity index (χ4n) is 9.80. The Labute approximate surface area is 453 Å². The Morgan fingerprint density at radius 2 is 0.565 bits per heavy atom. The van der Waals surface area contributed by atoms with Gasteiger partial charge in [-0.3, -0.25) is 0 Å². The van der Waals surface area contributed by atoms with Crippen molar-refractivity contribution in [3.05, 3.63) is 82.9 Å². The number of benzene rings is 4. The van der Waals surface area contributed by atoms with Crippen LogP contribution in [0.4, 0.5) is 0 Å². The predicted octanol–water partition coefficient (Wildman–Crippen LogP) is 17.8. The molecular weight excluding hydrogens is 921 g/mol. The summed E-state index contributed by atoms with van der Waals surface area (Å²) in [6.45, 7) is 9.01. The number of unbranched alkanes of at least 4 members (excludes halogenated alkanes) is 28. The summed E-state index contributed by atoms with van der Waals surface area (Å²) >= 11 is 0. The molecule has 0 bridgehead atoms. The minimum Gasteiger partial charge on any atom is -0.744 e. The summed E-state index contributed by atoms with van der Waals surface area (Å²) in [5, 5.41) is 3.97. The fraction of sp³-hybridized carbons (Fsp3) is 0.667. The van der Waals surface area contributed by atoms with Crippen molar-refractivity contribution in [1.82, 2.24) is 0 Å². The van der Waals surface area contributed by atoms with Crippen LogP contribution in [0, 0.1) is 0 Å². The van der Waals surface area contributed by atoms with Crippen LogP contribution in [0.2, 0.25) is 0 Å². The Balaban J connectivity index is 0.000000467. The van der Waals surface area contributed by atoms with E-state index in [1.165, 1.54) is 227 Å². The van der Waals surface area contributed by atoms with Gasteiger partial charge in [0.2, 0.25) is 0 Å². The van der Waals surface area contributed by atoms with Crippen LogP contribution in [-0.2, 0) is 45.9 Å². The summed E-state index contributed by atoms with van der Waals surface area (Å²) in [5.41, 5.74) is 5.07. The van der Waals surface area contributed by atoms with E-state index in [0.717, 1.165) is 60.1 Å². The van der Waals surface area contributed by atoms with E-state index in [2.05, 4.69) is 52.0 Å². The van der Waals surface area contributed by atoms with E-state index in [0.29, 0.717) is 0 Å². The number of rotatable bonds is 38. The topological polar surface area (TPSA) is 114 Å². The average Bonchev–Trinajstić information content (AvgIpc) is 3.31. The maximum atomic E-state index is 11.6. The van der Waals surface area contributed by atoms with E-state index >= 15 is 0 Å². The summed E-state index contributed by atoms with van der Waals surface area (Å²) in [4.78, 5) is -0.235. The second-order valence-electron chi connectivity index (χ2n) is 20.1. The first-order chi connectivity index (χ1) is 32.9. The molecule has 4 aromatic carbocycles. The first-order valence-corrected chi connectivity index (χ1v) is 30.8. The largest absolute Gasteiger partial charge is 2.00 e. The van der Waals surface area contributed by atoms with Gasteiger partial charge in [0.05, 0.1) is 9.79 Å². The van der Waals surface area contributed by atoms with Gasteiger partial charge in [0.25, 0.3) is 0 Å². The molecule has 4 rings (SSSR count). The number of hydrogen-bond acceptors (Lipinski definition) is 6. The van der Waals surface area contributed by atoms with E-state index in [4.69, 9.17) is 0 Å². The third-order valence-corrected chi connectivity index (χ3v) is 15.6. The molecular formula is C60H94CaO6S2. The van der Waals surface area contributed by atoms with Gasteiger partial charge in [-0.1, -0.05) is 244 Å². The van der Waals surface area contributed by atoms with Crippen molar-refractivity contribution in [2.75, 3.05) is 0 Å². The van der Waals surface area contributed by atoms with Crippen molar-refractivity contribution >= 4 is 79.5 Å². The molecule has 0 N–H and O–H groups in total. The van der Waals surface area contributed by atoms with E-state index in [-0.39, 0.29) is 47.5 Å². The van der Waals surface area contributed by atoms with Crippen LogP contribution in [0.15, 0.2) is 70.5 Å². The normalized spacial score (nSPS) is 11.8. The van der Waals surface area contributed by atoms with E-state index in [1.807, 2.05) is 12.1 Å². The molecule has 0 aliphatic heterocycles. The molecule has 9 heteroatoms. The van der Waals surface area contributed by atoms with E-state index < -0.39 is 20.2 Å². The van der Waals surface area contributed by atoms with Gasteiger partial charge in [-0.05, 0) is 119 Å². The maximum Gasteiger partial charge on any atom is 2.00 e. The van der Waals surface area contributed by atoms with E-state index in [9.17, 15) is 25.9 Å². The van der Waals surface area contributed by atoms with Gasteiger partial charge in [-0.25, -0.2) is 16.8 Å². The van der Waals surface area contributed by atoms with Crippen molar-refractivity contribution in [1.29, 1.82) is 0 Å². The minimum atomic E-state index is -4.44. The number of fused-ring (bicyclic) bond motifs is 2. The standard InChI is InChI=1S/2C30H48O3S.Ca/c2*1-3-5-7-9-11-13-15-17-19-26-23-27(20-18-16-14-12-10-8-6-4-2)30-25-29(34(31,32)33)22-21-28(30)24-26;/h2*21-25H,3-20H2,1-2H3,(H,31,32,33);/q;;+2/p-2. The second-order valence-corrected chi connectivity index (χ2v) is 22.8. The van der Waals surface area contributed by atoms with Crippen molar-refractivity contribution in [2.24, 2.45) is 0 Å². The van der Waals surface area contributed by atoms with Crippen LogP contribution in [0.5, 0.6) is 0 Å². The molecule has 0 heterocycles. The molecule has 384 valence electrons. The zero-order valence-corrected chi connectivity index (χ0v) is 48.0. The van der Waals surface area contributed by atoms with Crippen molar-refractivity contribution in [3.63, 3.8) is 0 Å². The summed E-state index contributed by atoms with van der Waals surface area (Å²) in [6.07, 6.45) is 45.3. The molecule has 4 aromatic rings. The van der Waals surface area contributed by atoms with Crippen LogP contribution in [0.3, 0.4) is 0 Å². The monoisotopic (exact) mass is 1010 g/mol. The third-order valence-electron chi connectivity index (χ3n) is 14.0. The molecule has 6 nitrogen and oxygen atoms in total. The molecule has 0 atom stereocenters. The summed E-state index contributed by atoms with van der Waals surface area (Å²) in [5.74, 6) is 0. The Hall–Kier alpha value is -1.52. The molecule has 0 aromatic heterocycles. The molecule has 0 saturated carbocycles. The molecule has 69 heavy (non-hydrogen) atoms. The molecule has 0 spiro atoms. The van der Waals surface area contributed by atoms with Crippen molar-refractivity contribution < 1.29 is 25.9 Å². The van der Waals surface area contributed by atoms with Crippen LogP contribution in [-0.4, -0.2) is 63.7 Å². The van der Waals surface area contributed by atoms with E-state index in [1.54, 1.807) is 12.1 Å². The van der Waals surface area contributed by atoms with Crippen LogP contribution in [0.25, 0.3) is 21.5 Å². The Morgan fingerprint density at radius 1 is 0.319 bits per heavy atom. The first kappa shape index (κ1) is 63.6. The van der Waals surface area contributed by atoms with Gasteiger partial charge in [0.1, 0.15) is 20.2 Å². The Morgan fingerprint density at radius 3 is 0.826 bits per heavy atom. The smallest absolute Gasteiger partial charge is 0.744 e. The van der Waals surface area contributed by atoms with Gasteiger partial charge in [-0.15, -0.1) is 0 Å².